The number of benzene rings is 2. The minimum Gasteiger partial charge on any atom is -0.332 e. The molecule has 4 rings (SSSR count). The van der Waals surface area contributed by atoms with E-state index in [-0.39, 0.29) is 11.6 Å². The Morgan fingerprint density at radius 2 is 1.71 bits per heavy atom. The van der Waals surface area contributed by atoms with Gasteiger partial charge in [-0.2, -0.15) is 0 Å². The third-order valence-electron chi connectivity index (χ3n) is 4.29. The fraction of sp³-hybridized carbons (Fsp3) is 0. The Morgan fingerprint density at radius 3 is 2.48 bits per heavy atom. The number of para-hydroxylation sites is 1. The number of nitro groups is 1. The molecule has 2 heterocycles. The van der Waals surface area contributed by atoms with E-state index in [2.05, 4.69) is 31.1 Å². The van der Waals surface area contributed by atoms with Gasteiger partial charge >= 0.3 is 5.69 Å². The molecule has 0 atom stereocenters. The quantitative estimate of drug-likeness (QED) is 0.304. The first kappa shape index (κ1) is 20.0. The van der Waals surface area contributed by atoms with Gasteiger partial charge in [0, 0.05) is 22.2 Å². The van der Waals surface area contributed by atoms with Gasteiger partial charge in [-0.3, -0.25) is 30.7 Å². The van der Waals surface area contributed by atoms with E-state index < -0.39 is 16.5 Å². The molecule has 2 aromatic carbocycles. The van der Waals surface area contributed by atoms with Crippen LogP contribution in [-0.2, 0) is 0 Å². The van der Waals surface area contributed by atoms with E-state index in [4.69, 9.17) is 11.6 Å². The van der Waals surface area contributed by atoms with Gasteiger partial charge in [0.2, 0.25) is 11.6 Å². The summed E-state index contributed by atoms with van der Waals surface area (Å²) in [5.41, 5.74) is 5.92. The van der Waals surface area contributed by atoms with Crippen LogP contribution in [0, 0.1) is 10.1 Å². The van der Waals surface area contributed by atoms with Crippen LogP contribution in [0.4, 0.5) is 23.0 Å². The molecule has 3 N–H and O–H groups in total. The normalized spacial score (nSPS) is 10.5. The zero-order valence-corrected chi connectivity index (χ0v) is 16.5. The second-order valence-electron chi connectivity index (χ2n) is 6.27. The van der Waals surface area contributed by atoms with E-state index >= 15 is 0 Å². The van der Waals surface area contributed by atoms with Gasteiger partial charge in [0.15, 0.2) is 0 Å². The average molecular weight is 436 g/mol. The molecule has 0 fully saturated rings. The first-order chi connectivity index (χ1) is 15.0. The number of carbonyl (C=O) groups excluding carboxylic acids is 1. The summed E-state index contributed by atoms with van der Waals surface area (Å²) in [5.74, 6) is -0.753. The van der Waals surface area contributed by atoms with Crippen LogP contribution in [0.5, 0.6) is 0 Å². The van der Waals surface area contributed by atoms with Crippen LogP contribution >= 0.6 is 11.6 Å². The van der Waals surface area contributed by atoms with Crippen molar-refractivity contribution in [3.63, 3.8) is 0 Å². The van der Waals surface area contributed by atoms with Crippen molar-refractivity contribution in [1.29, 1.82) is 0 Å². The third-order valence-corrected chi connectivity index (χ3v) is 4.54. The lowest BCUT2D eigenvalue weighted by molar-refractivity contribution is -0.383. The second kappa shape index (κ2) is 8.59. The van der Waals surface area contributed by atoms with Crippen LogP contribution in [0.1, 0.15) is 10.4 Å². The third kappa shape index (κ3) is 4.33. The molecule has 0 aliphatic rings. The van der Waals surface area contributed by atoms with Crippen molar-refractivity contribution in [1.82, 2.24) is 20.4 Å². The van der Waals surface area contributed by atoms with Crippen LogP contribution in [0.3, 0.4) is 0 Å². The number of halogens is 1. The van der Waals surface area contributed by atoms with Crippen molar-refractivity contribution in [3.05, 3.63) is 87.8 Å². The first-order valence-electron chi connectivity index (χ1n) is 8.95. The number of nitrogens with zero attached hydrogens (tertiary/aromatic N) is 4. The molecule has 4 aromatic rings. The van der Waals surface area contributed by atoms with Crippen LogP contribution in [0.2, 0.25) is 5.02 Å². The molecule has 0 aliphatic carbocycles. The summed E-state index contributed by atoms with van der Waals surface area (Å²) in [7, 11) is 0. The molecule has 11 heteroatoms. The number of carbonyl (C=O) groups is 1. The van der Waals surface area contributed by atoms with Gasteiger partial charge in [-0.25, -0.2) is 9.97 Å². The molecule has 2 aromatic heterocycles. The molecule has 0 radical (unpaired) electrons. The van der Waals surface area contributed by atoms with E-state index in [1.807, 2.05) is 12.1 Å². The van der Waals surface area contributed by atoms with Gasteiger partial charge in [0.05, 0.1) is 16.1 Å². The van der Waals surface area contributed by atoms with E-state index in [1.54, 1.807) is 36.5 Å². The highest BCUT2D eigenvalue weighted by molar-refractivity contribution is 6.30. The minimum atomic E-state index is -0.641. The maximum absolute atomic E-state index is 12.3. The molecule has 31 heavy (non-hydrogen) atoms. The number of nitrogens with one attached hydrogen (secondary N) is 3. The molecule has 0 unspecified atom stereocenters. The smallest absolute Gasteiger partial charge is 0.332 e. The summed E-state index contributed by atoms with van der Waals surface area (Å²) in [6, 6.07) is 15.2. The molecule has 0 spiro atoms. The van der Waals surface area contributed by atoms with E-state index in [9.17, 15) is 14.9 Å². The topological polar surface area (TPSA) is 135 Å². The monoisotopic (exact) mass is 435 g/mol. The maximum atomic E-state index is 12.3. The SMILES string of the molecule is O=C(NNc1ncnc(Nc2cccc3cccnc23)c1[N+](=O)[O-])c1ccc(Cl)cc1. The van der Waals surface area contributed by atoms with Crippen molar-refractivity contribution in [2.75, 3.05) is 10.7 Å². The lowest BCUT2D eigenvalue weighted by atomic mass is 10.2. The lowest BCUT2D eigenvalue weighted by Crippen LogP contribution is -2.30. The summed E-state index contributed by atoms with van der Waals surface area (Å²) in [5, 5.41) is 16.0. The minimum absolute atomic E-state index is 0.0543. The number of amides is 1. The van der Waals surface area contributed by atoms with Crippen LogP contribution < -0.4 is 16.2 Å². The Balaban J connectivity index is 1.61. The van der Waals surface area contributed by atoms with Crippen LogP contribution in [-0.4, -0.2) is 25.8 Å². The molecular weight excluding hydrogens is 422 g/mol. The fourth-order valence-electron chi connectivity index (χ4n) is 2.86. The highest BCUT2D eigenvalue weighted by Gasteiger charge is 2.24. The van der Waals surface area contributed by atoms with E-state index in [0.29, 0.717) is 21.8 Å². The number of hydrogen-bond acceptors (Lipinski definition) is 8. The number of hydrazine groups is 1. The van der Waals surface area contributed by atoms with Crippen molar-refractivity contribution in [3.8, 4) is 0 Å². The number of hydrogen-bond donors (Lipinski definition) is 3. The number of rotatable bonds is 6. The van der Waals surface area contributed by atoms with Crippen LogP contribution in [0.25, 0.3) is 10.9 Å². The fourth-order valence-corrected chi connectivity index (χ4v) is 2.98. The Kier molecular flexibility index (Phi) is 5.54. The molecule has 0 saturated carbocycles. The summed E-state index contributed by atoms with van der Waals surface area (Å²) in [6.45, 7) is 0. The number of aromatic nitrogens is 3. The molecule has 10 nitrogen and oxygen atoms in total. The van der Waals surface area contributed by atoms with Gasteiger partial charge in [-0.1, -0.05) is 29.8 Å². The van der Waals surface area contributed by atoms with Gasteiger partial charge in [0.25, 0.3) is 5.91 Å². The molecule has 0 aliphatic heterocycles. The summed E-state index contributed by atoms with van der Waals surface area (Å²) < 4.78 is 0. The molecule has 0 bridgehead atoms. The summed E-state index contributed by atoms with van der Waals surface area (Å²) >= 11 is 5.81. The standard InChI is InChI=1S/C20H14ClN7O3/c21-14-8-6-13(7-9-14)20(29)27-26-19-17(28(30)31)18(23-11-24-19)25-15-5-1-3-12-4-2-10-22-16(12)15/h1-11H,(H,27,29)(H2,23,24,25,26). The number of pyridine rings is 1. The van der Waals surface area contributed by atoms with Gasteiger partial charge in [-0.15, -0.1) is 0 Å². The average Bonchev–Trinajstić information content (AvgIpc) is 2.78. The highest BCUT2D eigenvalue weighted by Crippen LogP contribution is 2.32. The predicted octanol–water partition coefficient (Wildman–Crippen LogP) is 4.09. The Hall–Kier alpha value is -4.31. The Labute approximate surface area is 180 Å². The van der Waals surface area contributed by atoms with Gasteiger partial charge in [-0.05, 0) is 36.4 Å². The zero-order valence-electron chi connectivity index (χ0n) is 15.7. The van der Waals surface area contributed by atoms with Crippen molar-refractivity contribution in [2.45, 2.75) is 0 Å². The first-order valence-corrected chi connectivity index (χ1v) is 9.33. The summed E-state index contributed by atoms with van der Waals surface area (Å²) in [6.07, 6.45) is 2.77. The van der Waals surface area contributed by atoms with Crippen molar-refractivity contribution in [2.24, 2.45) is 0 Å². The Bertz CT molecular complexity index is 1280. The molecular formula is C20H14ClN7O3. The van der Waals surface area contributed by atoms with Crippen LogP contribution in [0.15, 0.2) is 67.1 Å². The molecule has 0 saturated heterocycles. The largest absolute Gasteiger partial charge is 0.355 e. The maximum Gasteiger partial charge on any atom is 0.355 e. The number of fused-ring (bicyclic) bond motifs is 1. The second-order valence-corrected chi connectivity index (χ2v) is 6.70. The lowest BCUT2D eigenvalue weighted by Gasteiger charge is -2.12. The number of anilines is 3. The van der Waals surface area contributed by atoms with Gasteiger partial charge in [0.1, 0.15) is 6.33 Å². The molecule has 154 valence electrons. The Morgan fingerprint density at radius 1 is 0.968 bits per heavy atom. The van der Waals surface area contributed by atoms with Gasteiger partial charge < -0.3 is 5.32 Å². The summed E-state index contributed by atoms with van der Waals surface area (Å²) in [4.78, 5) is 35.6. The van der Waals surface area contributed by atoms with E-state index in [0.717, 1.165) is 11.7 Å². The van der Waals surface area contributed by atoms with Crippen molar-refractivity contribution >= 4 is 51.4 Å². The van der Waals surface area contributed by atoms with E-state index in [1.165, 1.54) is 12.1 Å². The predicted molar refractivity (Wildman–Crippen MR) is 116 cm³/mol. The highest BCUT2D eigenvalue weighted by atomic mass is 35.5. The zero-order chi connectivity index (χ0) is 21.8. The molecule has 1 amide bonds. The van der Waals surface area contributed by atoms with Crippen molar-refractivity contribution < 1.29 is 9.72 Å².